The summed E-state index contributed by atoms with van der Waals surface area (Å²) in [6, 6.07) is 44.9. The maximum absolute atomic E-state index is 14.1. The third kappa shape index (κ3) is 5.07. The van der Waals surface area contributed by atoms with Gasteiger partial charge in [0.2, 0.25) is 5.91 Å². The van der Waals surface area contributed by atoms with Crippen LogP contribution in [0.15, 0.2) is 127 Å². The summed E-state index contributed by atoms with van der Waals surface area (Å²) in [6.07, 6.45) is 2.09. The topological polar surface area (TPSA) is 74.0 Å². The summed E-state index contributed by atoms with van der Waals surface area (Å²) in [5.74, 6) is 0.812. The van der Waals surface area contributed by atoms with Gasteiger partial charge in [-0.05, 0) is 84.4 Å². The van der Waals surface area contributed by atoms with E-state index in [9.17, 15) is 10.1 Å². The number of halogens is 1. The zero-order valence-corrected chi connectivity index (χ0v) is 27.1. The molecule has 3 aliphatic heterocycles. The monoisotopic (exact) mass is 647 g/mol. The molecule has 236 valence electrons. The van der Waals surface area contributed by atoms with Gasteiger partial charge in [0.1, 0.15) is 5.54 Å². The van der Waals surface area contributed by atoms with Crippen LogP contribution in [0.25, 0.3) is 22.0 Å². The Labute approximate surface area is 285 Å². The number of hydrogen-bond donors (Lipinski definition) is 1. The van der Waals surface area contributed by atoms with Crippen molar-refractivity contribution in [2.24, 2.45) is 11.8 Å². The first-order valence-electron chi connectivity index (χ1n) is 16.5. The van der Waals surface area contributed by atoms with Gasteiger partial charge in [0.15, 0.2) is 5.82 Å². The minimum Gasteiger partial charge on any atom is -0.308 e. The number of rotatable bonds is 7. The number of anilines is 1. The zero-order valence-electron chi connectivity index (χ0n) is 26.4. The molecule has 3 fully saturated rings. The lowest BCUT2D eigenvalue weighted by Gasteiger charge is -2.43. The molecule has 1 unspecified atom stereocenters. The van der Waals surface area contributed by atoms with Gasteiger partial charge in [-0.3, -0.25) is 4.79 Å². The third-order valence-corrected chi connectivity index (χ3v) is 10.5. The molecule has 3 saturated heterocycles. The van der Waals surface area contributed by atoms with Gasteiger partial charge in [0.25, 0.3) is 0 Å². The molecule has 1 amide bonds. The maximum Gasteiger partial charge on any atom is 0.230 e. The minimum absolute atomic E-state index is 0.00981. The van der Waals surface area contributed by atoms with Crippen molar-refractivity contribution in [3.63, 3.8) is 0 Å². The molecule has 6 nitrogen and oxygen atoms in total. The fourth-order valence-corrected chi connectivity index (χ4v) is 8.05. The number of amides is 1. The number of nitriles is 1. The van der Waals surface area contributed by atoms with Crippen molar-refractivity contribution in [1.82, 2.24) is 14.7 Å². The van der Waals surface area contributed by atoms with E-state index in [1.807, 2.05) is 36.4 Å². The van der Waals surface area contributed by atoms with Crippen molar-refractivity contribution in [3.8, 4) is 17.2 Å². The molecule has 6 aromatic rings. The summed E-state index contributed by atoms with van der Waals surface area (Å²) < 4.78 is 2.07. The lowest BCUT2D eigenvalue weighted by atomic mass is 9.77. The molecule has 5 aromatic carbocycles. The van der Waals surface area contributed by atoms with E-state index in [-0.39, 0.29) is 11.8 Å². The third-order valence-electron chi connectivity index (χ3n) is 10.2. The van der Waals surface area contributed by atoms with Gasteiger partial charge in [-0.15, -0.1) is 0 Å². The van der Waals surface area contributed by atoms with Crippen LogP contribution in [-0.4, -0.2) is 40.2 Å². The first-order chi connectivity index (χ1) is 23.6. The van der Waals surface area contributed by atoms with Crippen molar-refractivity contribution in [1.29, 1.82) is 5.26 Å². The van der Waals surface area contributed by atoms with Crippen molar-refractivity contribution in [3.05, 3.63) is 155 Å². The molecular weight excluding hydrogens is 614 g/mol. The molecule has 48 heavy (non-hydrogen) atoms. The smallest absolute Gasteiger partial charge is 0.230 e. The molecule has 3 aliphatic rings. The lowest BCUT2D eigenvalue weighted by molar-refractivity contribution is -0.125. The summed E-state index contributed by atoms with van der Waals surface area (Å²) in [5, 5.41) is 19.7. The maximum atomic E-state index is 14.1. The molecule has 9 rings (SSSR count). The van der Waals surface area contributed by atoms with Crippen LogP contribution in [-0.2, 0) is 10.3 Å². The highest BCUT2D eigenvalue weighted by atomic mass is 35.5. The van der Waals surface area contributed by atoms with Crippen LogP contribution >= 0.6 is 11.6 Å². The first kappa shape index (κ1) is 30.1. The van der Waals surface area contributed by atoms with Gasteiger partial charge in [-0.1, -0.05) is 109 Å². The highest BCUT2D eigenvalue weighted by molar-refractivity contribution is 6.33. The van der Waals surface area contributed by atoms with Crippen molar-refractivity contribution >= 4 is 34.2 Å². The molecule has 2 bridgehead atoms. The molecule has 1 atom stereocenters. The van der Waals surface area contributed by atoms with Crippen LogP contribution in [0.3, 0.4) is 0 Å². The van der Waals surface area contributed by atoms with Crippen molar-refractivity contribution in [2.75, 3.05) is 25.0 Å². The number of carbonyl (C=O) groups is 1. The Morgan fingerprint density at radius 3 is 1.96 bits per heavy atom. The quantitative estimate of drug-likeness (QED) is 0.177. The Morgan fingerprint density at radius 2 is 1.42 bits per heavy atom. The van der Waals surface area contributed by atoms with Gasteiger partial charge >= 0.3 is 0 Å². The van der Waals surface area contributed by atoms with Crippen LogP contribution < -0.4 is 5.32 Å². The van der Waals surface area contributed by atoms with Gasteiger partial charge in [0.05, 0.1) is 23.1 Å². The van der Waals surface area contributed by atoms with E-state index in [1.54, 1.807) is 12.1 Å². The number of benzene rings is 5. The van der Waals surface area contributed by atoms with E-state index in [4.69, 9.17) is 16.7 Å². The second kappa shape index (κ2) is 12.4. The van der Waals surface area contributed by atoms with Gasteiger partial charge in [-0.2, -0.15) is 10.4 Å². The van der Waals surface area contributed by atoms with Gasteiger partial charge in [0, 0.05) is 22.5 Å². The van der Waals surface area contributed by atoms with E-state index in [0.29, 0.717) is 22.3 Å². The second-order valence-electron chi connectivity index (χ2n) is 12.8. The van der Waals surface area contributed by atoms with Crippen LogP contribution in [0.5, 0.6) is 0 Å². The zero-order chi connectivity index (χ0) is 32.7. The average Bonchev–Trinajstić information content (AvgIpc) is 3.51. The predicted molar refractivity (Wildman–Crippen MR) is 191 cm³/mol. The van der Waals surface area contributed by atoms with Crippen LogP contribution in [0, 0.1) is 23.2 Å². The van der Waals surface area contributed by atoms with Crippen molar-refractivity contribution in [2.45, 2.75) is 18.4 Å². The SMILES string of the molecule is N#Cc1ccc(Cl)c(-c2ccc3c(c2)c(NC(=O)C2CN4CCC2CC4)nn3C(c2ccccc2)(c2ccccc2)c2ccccc2)c1. The number of nitrogens with zero attached hydrogens (tertiary/aromatic N) is 4. The molecule has 0 radical (unpaired) electrons. The largest absolute Gasteiger partial charge is 0.308 e. The number of hydrogen-bond acceptors (Lipinski definition) is 4. The van der Waals surface area contributed by atoms with Crippen molar-refractivity contribution < 1.29 is 4.79 Å². The van der Waals surface area contributed by atoms with Crippen LogP contribution in [0.4, 0.5) is 5.82 Å². The summed E-state index contributed by atoms with van der Waals surface area (Å²) >= 11 is 6.71. The van der Waals surface area contributed by atoms with E-state index in [0.717, 1.165) is 71.2 Å². The Morgan fingerprint density at radius 1 is 0.812 bits per heavy atom. The van der Waals surface area contributed by atoms with Crippen LogP contribution in [0.1, 0.15) is 35.1 Å². The Hall–Kier alpha value is -5.22. The molecular formula is C41H34ClN5O. The summed E-state index contributed by atoms with van der Waals surface area (Å²) in [7, 11) is 0. The summed E-state index contributed by atoms with van der Waals surface area (Å²) in [4.78, 5) is 16.5. The molecule has 1 aromatic heterocycles. The normalized spacial score (nSPS) is 18.8. The molecule has 7 heteroatoms. The predicted octanol–water partition coefficient (Wildman–Crippen LogP) is 8.35. The average molecular weight is 648 g/mol. The number of aromatic nitrogens is 2. The molecule has 0 saturated carbocycles. The highest BCUT2D eigenvalue weighted by Gasteiger charge is 2.42. The van der Waals surface area contributed by atoms with E-state index >= 15 is 0 Å². The summed E-state index contributed by atoms with van der Waals surface area (Å²) in [6.45, 7) is 2.90. The van der Waals surface area contributed by atoms with E-state index in [2.05, 4.69) is 99.8 Å². The molecule has 4 heterocycles. The standard InChI is InChI=1S/C41H34ClN5O/c42-37-18-16-28(26-43)24-34(37)30-17-19-38-35(25-30)39(44-40(48)36-27-46-22-20-29(36)21-23-46)45-47(38)41(31-10-4-1-5-11-31,32-12-6-2-7-13-32)33-14-8-3-9-15-33/h1-19,24-25,29,36H,20-23,27H2,(H,44,45,48). The number of fused-ring (bicyclic) bond motifs is 4. The van der Waals surface area contributed by atoms with E-state index < -0.39 is 5.54 Å². The lowest BCUT2D eigenvalue weighted by Crippen LogP contribution is -2.51. The Kier molecular flexibility index (Phi) is 7.80. The minimum atomic E-state index is -0.874. The number of nitrogens with one attached hydrogen (secondary N) is 1. The van der Waals surface area contributed by atoms with E-state index in [1.165, 1.54) is 0 Å². The molecule has 0 aliphatic carbocycles. The number of piperidine rings is 3. The van der Waals surface area contributed by atoms with Gasteiger partial charge in [-0.25, -0.2) is 4.68 Å². The fourth-order valence-electron chi connectivity index (χ4n) is 7.83. The van der Waals surface area contributed by atoms with Crippen LogP contribution in [0.2, 0.25) is 5.02 Å². The summed E-state index contributed by atoms with van der Waals surface area (Å²) in [5.41, 5.74) is 5.21. The van der Waals surface area contributed by atoms with Gasteiger partial charge < -0.3 is 10.2 Å². The Bertz CT molecular complexity index is 2050. The molecule has 1 N–H and O–H groups in total. The second-order valence-corrected chi connectivity index (χ2v) is 13.2. The first-order valence-corrected chi connectivity index (χ1v) is 16.9. The highest BCUT2D eigenvalue weighted by Crippen LogP contribution is 2.44. The molecule has 0 spiro atoms. The number of carbonyl (C=O) groups excluding carboxylic acids is 1. The Balaban J connectivity index is 1.39. The fraction of sp³-hybridized carbons (Fsp3) is 0.195.